The van der Waals surface area contributed by atoms with E-state index in [-0.39, 0.29) is 5.91 Å². The number of aromatic nitrogens is 2. The second kappa shape index (κ2) is 5.72. The number of amides is 1. The number of hydrogen-bond donors (Lipinski definition) is 0. The van der Waals surface area contributed by atoms with Gasteiger partial charge in [-0.3, -0.25) is 4.79 Å². The van der Waals surface area contributed by atoms with Gasteiger partial charge in [0.15, 0.2) is 0 Å². The van der Waals surface area contributed by atoms with Crippen LogP contribution in [0.1, 0.15) is 46.8 Å². The topological polar surface area (TPSA) is 49.3 Å². The monoisotopic (exact) mass is 288 g/mol. The van der Waals surface area contributed by atoms with E-state index in [4.69, 9.17) is 0 Å². The van der Waals surface area contributed by atoms with Crippen molar-refractivity contribution in [2.24, 2.45) is 0 Å². The fraction of sp³-hybridized carbons (Fsp3) is 0.688. The zero-order valence-electron chi connectivity index (χ0n) is 13.2. The first kappa shape index (κ1) is 14.4. The molecule has 21 heavy (non-hydrogen) atoms. The van der Waals surface area contributed by atoms with Crippen LogP contribution in [-0.2, 0) is 12.8 Å². The van der Waals surface area contributed by atoms with Crippen LogP contribution in [0.25, 0.3) is 0 Å². The summed E-state index contributed by atoms with van der Waals surface area (Å²) in [5.41, 5.74) is 2.85. The summed E-state index contributed by atoms with van der Waals surface area (Å²) in [5.74, 6) is 0.832. The molecule has 0 radical (unpaired) electrons. The van der Waals surface area contributed by atoms with E-state index < -0.39 is 0 Å². The Morgan fingerprint density at radius 3 is 2.57 bits per heavy atom. The minimum absolute atomic E-state index is 0.107. The third-order valence-corrected chi connectivity index (χ3v) is 4.73. The number of carbonyl (C=O) groups is 1. The first-order valence-electron chi connectivity index (χ1n) is 7.88. The fourth-order valence-corrected chi connectivity index (χ4v) is 3.47. The molecule has 0 spiro atoms. The summed E-state index contributed by atoms with van der Waals surface area (Å²) in [4.78, 5) is 26.0. The van der Waals surface area contributed by atoms with Crippen LogP contribution >= 0.6 is 0 Å². The van der Waals surface area contributed by atoms with Crippen LogP contribution in [0.3, 0.4) is 0 Å². The quantitative estimate of drug-likeness (QED) is 0.826. The first-order chi connectivity index (χ1) is 10.1. The highest BCUT2D eigenvalue weighted by molar-refractivity contribution is 5.94. The summed E-state index contributed by atoms with van der Waals surface area (Å²) in [6.45, 7) is 3.55. The third-order valence-electron chi connectivity index (χ3n) is 4.73. The molecule has 0 atom stereocenters. The predicted molar refractivity (Wildman–Crippen MR) is 81.4 cm³/mol. The van der Waals surface area contributed by atoms with Crippen molar-refractivity contribution in [3.8, 4) is 0 Å². The van der Waals surface area contributed by atoms with E-state index in [2.05, 4.69) is 29.0 Å². The highest BCUT2D eigenvalue weighted by Gasteiger charge is 2.29. The van der Waals surface area contributed by atoms with Crippen LogP contribution in [0, 0.1) is 6.92 Å². The highest BCUT2D eigenvalue weighted by Crippen LogP contribution is 2.25. The third kappa shape index (κ3) is 2.79. The number of rotatable bonds is 2. The summed E-state index contributed by atoms with van der Waals surface area (Å²) in [6.07, 6.45) is 5.12. The van der Waals surface area contributed by atoms with E-state index in [1.54, 1.807) is 0 Å². The molecule has 0 unspecified atom stereocenters. The van der Waals surface area contributed by atoms with Gasteiger partial charge in [0, 0.05) is 30.4 Å². The molecular weight excluding hydrogens is 264 g/mol. The molecule has 1 amide bonds. The maximum atomic E-state index is 12.8. The van der Waals surface area contributed by atoms with Gasteiger partial charge < -0.3 is 9.80 Å². The number of piperidine rings is 1. The SMILES string of the molecule is Cc1nc2c(c(C(=O)N3CCC(N(C)C)CC3)n1)CCC2. The predicted octanol–water partition coefficient (Wildman–Crippen LogP) is 1.44. The van der Waals surface area contributed by atoms with E-state index in [0.29, 0.717) is 11.7 Å². The van der Waals surface area contributed by atoms with Crippen molar-refractivity contribution in [2.75, 3.05) is 27.2 Å². The Bertz CT molecular complexity index is 547. The van der Waals surface area contributed by atoms with Gasteiger partial charge in [0.1, 0.15) is 11.5 Å². The average molecular weight is 288 g/mol. The van der Waals surface area contributed by atoms with Gasteiger partial charge in [0.05, 0.1) is 0 Å². The van der Waals surface area contributed by atoms with E-state index in [1.165, 1.54) is 0 Å². The van der Waals surface area contributed by atoms with Crippen LogP contribution in [0.4, 0.5) is 0 Å². The van der Waals surface area contributed by atoms with Crippen molar-refractivity contribution in [2.45, 2.75) is 45.1 Å². The Morgan fingerprint density at radius 1 is 1.19 bits per heavy atom. The van der Waals surface area contributed by atoms with Gasteiger partial charge in [0.2, 0.25) is 0 Å². The van der Waals surface area contributed by atoms with Gasteiger partial charge in [0.25, 0.3) is 5.91 Å². The van der Waals surface area contributed by atoms with E-state index >= 15 is 0 Å². The fourth-order valence-electron chi connectivity index (χ4n) is 3.47. The number of likely N-dealkylation sites (tertiary alicyclic amines) is 1. The molecule has 0 bridgehead atoms. The van der Waals surface area contributed by atoms with E-state index in [0.717, 1.165) is 62.3 Å². The molecule has 5 nitrogen and oxygen atoms in total. The number of fused-ring (bicyclic) bond motifs is 1. The Kier molecular flexibility index (Phi) is 3.93. The molecule has 2 aliphatic rings. The number of aryl methyl sites for hydroxylation is 2. The Morgan fingerprint density at radius 2 is 1.90 bits per heavy atom. The zero-order valence-corrected chi connectivity index (χ0v) is 13.2. The number of nitrogens with zero attached hydrogens (tertiary/aromatic N) is 4. The molecule has 1 fully saturated rings. The van der Waals surface area contributed by atoms with E-state index in [9.17, 15) is 4.79 Å². The Hall–Kier alpha value is -1.49. The van der Waals surface area contributed by atoms with Crippen molar-refractivity contribution in [1.82, 2.24) is 19.8 Å². The molecule has 1 aliphatic heterocycles. The molecule has 0 saturated carbocycles. The molecule has 0 aromatic carbocycles. The summed E-state index contributed by atoms with van der Waals surface area (Å²) < 4.78 is 0. The first-order valence-corrected chi connectivity index (χ1v) is 7.88. The molecule has 1 aliphatic carbocycles. The van der Waals surface area contributed by atoms with Crippen LogP contribution < -0.4 is 0 Å². The maximum absolute atomic E-state index is 12.8. The van der Waals surface area contributed by atoms with Gasteiger partial charge >= 0.3 is 0 Å². The summed E-state index contributed by atoms with van der Waals surface area (Å²) in [5, 5.41) is 0. The molecule has 1 saturated heterocycles. The van der Waals surface area contributed by atoms with Crippen molar-refractivity contribution in [1.29, 1.82) is 0 Å². The van der Waals surface area contributed by atoms with Gasteiger partial charge in [-0.1, -0.05) is 0 Å². The summed E-state index contributed by atoms with van der Waals surface area (Å²) in [7, 11) is 4.23. The smallest absolute Gasteiger partial charge is 0.272 e. The van der Waals surface area contributed by atoms with E-state index in [1.807, 2.05) is 11.8 Å². The minimum atomic E-state index is 0.107. The molecule has 114 valence electrons. The van der Waals surface area contributed by atoms with Crippen molar-refractivity contribution in [3.05, 3.63) is 22.8 Å². The normalized spacial score (nSPS) is 19.1. The highest BCUT2D eigenvalue weighted by atomic mass is 16.2. The van der Waals surface area contributed by atoms with Crippen LogP contribution in [0.15, 0.2) is 0 Å². The van der Waals surface area contributed by atoms with Crippen LogP contribution in [0.5, 0.6) is 0 Å². The second-order valence-corrected chi connectivity index (χ2v) is 6.39. The number of carbonyl (C=O) groups excluding carboxylic acids is 1. The molecular formula is C16H24N4O. The maximum Gasteiger partial charge on any atom is 0.272 e. The lowest BCUT2D eigenvalue weighted by Crippen LogP contribution is -2.45. The zero-order chi connectivity index (χ0) is 15.0. The van der Waals surface area contributed by atoms with Gasteiger partial charge in [-0.2, -0.15) is 0 Å². The lowest BCUT2D eigenvalue weighted by atomic mass is 10.0. The largest absolute Gasteiger partial charge is 0.337 e. The summed E-state index contributed by atoms with van der Waals surface area (Å²) in [6, 6.07) is 0.590. The standard InChI is InChI=1S/C16H24N4O/c1-11-17-14-6-4-5-13(14)15(18-11)16(21)20-9-7-12(8-10-20)19(2)3/h12H,4-10H2,1-3H3. The van der Waals surface area contributed by atoms with Crippen LogP contribution in [0.2, 0.25) is 0 Å². The lowest BCUT2D eigenvalue weighted by Gasteiger charge is -2.35. The van der Waals surface area contributed by atoms with Crippen LogP contribution in [-0.4, -0.2) is 58.9 Å². The van der Waals surface area contributed by atoms with Crippen molar-refractivity contribution < 1.29 is 4.79 Å². The molecule has 5 heteroatoms. The molecule has 3 rings (SSSR count). The minimum Gasteiger partial charge on any atom is -0.337 e. The van der Waals surface area contributed by atoms with Gasteiger partial charge in [-0.25, -0.2) is 9.97 Å². The van der Waals surface area contributed by atoms with Gasteiger partial charge in [-0.15, -0.1) is 0 Å². The second-order valence-electron chi connectivity index (χ2n) is 6.39. The Labute approximate surface area is 126 Å². The molecule has 1 aromatic rings. The lowest BCUT2D eigenvalue weighted by molar-refractivity contribution is 0.0656. The summed E-state index contributed by atoms with van der Waals surface area (Å²) >= 11 is 0. The Balaban J connectivity index is 1.78. The average Bonchev–Trinajstić information content (AvgIpc) is 2.93. The van der Waals surface area contributed by atoms with Crippen molar-refractivity contribution in [3.63, 3.8) is 0 Å². The van der Waals surface area contributed by atoms with Gasteiger partial charge in [-0.05, 0) is 53.1 Å². The molecule has 2 heterocycles. The number of hydrogen-bond acceptors (Lipinski definition) is 4. The molecule has 0 N–H and O–H groups in total. The molecule has 1 aromatic heterocycles. The van der Waals surface area contributed by atoms with Crippen molar-refractivity contribution >= 4 is 5.91 Å².